The van der Waals surface area contributed by atoms with E-state index in [1.54, 1.807) is 22.0 Å². The molecule has 0 amide bonds. The highest BCUT2D eigenvalue weighted by Crippen LogP contribution is 2.22. The Hall–Kier alpha value is -1.55. The number of aromatic nitrogens is 1. The van der Waals surface area contributed by atoms with Gasteiger partial charge in [-0.05, 0) is 34.4 Å². The number of anilines is 1. The van der Waals surface area contributed by atoms with Gasteiger partial charge in [0.2, 0.25) is 0 Å². The van der Waals surface area contributed by atoms with E-state index >= 15 is 0 Å². The second-order valence-electron chi connectivity index (χ2n) is 4.55. The molecule has 0 aliphatic rings. The molecule has 0 aromatic carbocycles. The van der Waals surface area contributed by atoms with Crippen molar-refractivity contribution < 1.29 is 0 Å². The molecule has 3 nitrogen and oxygen atoms in total. The highest BCUT2D eigenvalue weighted by molar-refractivity contribution is 7.08. The van der Waals surface area contributed by atoms with Crippen molar-refractivity contribution in [2.24, 2.45) is 5.92 Å². The largest absolute Gasteiger partial charge is 0.394 e. The maximum atomic E-state index is 11.9. The number of thiophene rings is 1. The second kappa shape index (κ2) is 4.75. The average molecular weight is 248 g/mol. The molecule has 0 spiro atoms. The van der Waals surface area contributed by atoms with Gasteiger partial charge in [-0.2, -0.15) is 11.3 Å². The quantitative estimate of drug-likeness (QED) is 0.908. The van der Waals surface area contributed by atoms with Crippen LogP contribution < -0.4 is 11.3 Å². The maximum Gasteiger partial charge on any atom is 0.273 e. The van der Waals surface area contributed by atoms with E-state index in [2.05, 4.69) is 19.2 Å². The van der Waals surface area contributed by atoms with Crippen molar-refractivity contribution >= 4 is 17.0 Å². The van der Waals surface area contributed by atoms with Crippen molar-refractivity contribution in [2.75, 3.05) is 5.73 Å². The SMILES string of the molecule is CC(C)Cn1cc(-c2ccsc2)cc(N)c1=O. The highest BCUT2D eigenvalue weighted by Gasteiger charge is 2.07. The maximum absolute atomic E-state index is 11.9. The van der Waals surface area contributed by atoms with E-state index in [1.807, 2.05) is 17.6 Å². The van der Waals surface area contributed by atoms with Gasteiger partial charge >= 0.3 is 0 Å². The minimum absolute atomic E-state index is 0.0994. The van der Waals surface area contributed by atoms with Gasteiger partial charge < -0.3 is 10.3 Å². The van der Waals surface area contributed by atoms with E-state index in [9.17, 15) is 4.79 Å². The van der Waals surface area contributed by atoms with E-state index in [4.69, 9.17) is 5.73 Å². The Morgan fingerprint density at radius 1 is 1.41 bits per heavy atom. The third kappa shape index (κ3) is 2.58. The lowest BCUT2D eigenvalue weighted by Gasteiger charge is -2.11. The molecule has 2 heterocycles. The Morgan fingerprint density at radius 3 is 2.76 bits per heavy atom. The van der Waals surface area contributed by atoms with Crippen molar-refractivity contribution in [3.8, 4) is 11.1 Å². The third-order valence-corrected chi connectivity index (χ3v) is 3.21. The molecule has 0 bridgehead atoms. The van der Waals surface area contributed by atoms with Crippen LogP contribution in [0.25, 0.3) is 11.1 Å². The molecule has 2 N–H and O–H groups in total. The Kier molecular flexibility index (Phi) is 3.33. The summed E-state index contributed by atoms with van der Waals surface area (Å²) in [4.78, 5) is 11.9. The van der Waals surface area contributed by atoms with Crippen LogP contribution in [0.5, 0.6) is 0 Å². The first kappa shape index (κ1) is 11.9. The first-order valence-electron chi connectivity index (χ1n) is 5.60. The monoisotopic (exact) mass is 248 g/mol. The molecule has 0 unspecified atom stereocenters. The molecule has 0 aliphatic carbocycles. The van der Waals surface area contributed by atoms with Gasteiger partial charge in [-0.25, -0.2) is 0 Å². The Balaban J connectivity index is 2.50. The molecule has 0 atom stereocenters. The van der Waals surface area contributed by atoms with Gasteiger partial charge in [0, 0.05) is 18.3 Å². The zero-order valence-corrected chi connectivity index (χ0v) is 10.8. The van der Waals surface area contributed by atoms with Crippen LogP contribution in [0.2, 0.25) is 0 Å². The molecule has 90 valence electrons. The van der Waals surface area contributed by atoms with Crippen molar-refractivity contribution in [3.63, 3.8) is 0 Å². The summed E-state index contributed by atoms with van der Waals surface area (Å²) in [6.07, 6.45) is 1.89. The lowest BCUT2D eigenvalue weighted by Crippen LogP contribution is -2.24. The minimum Gasteiger partial charge on any atom is -0.394 e. The van der Waals surface area contributed by atoms with Crippen LogP contribution in [0.1, 0.15) is 13.8 Å². The predicted octanol–water partition coefficient (Wildman–Crippen LogP) is 2.82. The number of nitrogens with zero attached hydrogens (tertiary/aromatic N) is 1. The Morgan fingerprint density at radius 2 is 2.18 bits per heavy atom. The normalized spacial score (nSPS) is 11.0. The first-order chi connectivity index (χ1) is 8.08. The number of pyridine rings is 1. The molecule has 0 saturated heterocycles. The molecule has 17 heavy (non-hydrogen) atoms. The second-order valence-corrected chi connectivity index (χ2v) is 5.33. The van der Waals surface area contributed by atoms with Crippen LogP contribution in [-0.4, -0.2) is 4.57 Å². The summed E-state index contributed by atoms with van der Waals surface area (Å²) in [7, 11) is 0. The summed E-state index contributed by atoms with van der Waals surface area (Å²) in [5.41, 5.74) is 8.10. The van der Waals surface area contributed by atoms with E-state index in [0.717, 1.165) is 11.1 Å². The topological polar surface area (TPSA) is 48.0 Å². The molecular weight excluding hydrogens is 232 g/mol. The number of hydrogen-bond acceptors (Lipinski definition) is 3. The van der Waals surface area contributed by atoms with Crippen LogP contribution in [0, 0.1) is 5.92 Å². The standard InChI is InChI=1S/C13H16N2OS/c1-9(2)6-15-7-11(5-12(14)13(15)16)10-3-4-17-8-10/h3-5,7-9H,6,14H2,1-2H3. The molecule has 2 aromatic heterocycles. The van der Waals surface area contributed by atoms with Gasteiger partial charge in [0.25, 0.3) is 5.56 Å². The van der Waals surface area contributed by atoms with Crippen molar-refractivity contribution in [2.45, 2.75) is 20.4 Å². The van der Waals surface area contributed by atoms with Gasteiger partial charge in [-0.3, -0.25) is 4.79 Å². The summed E-state index contributed by atoms with van der Waals surface area (Å²) in [6, 6.07) is 3.78. The molecule has 0 radical (unpaired) electrons. The summed E-state index contributed by atoms with van der Waals surface area (Å²) in [5.74, 6) is 0.421. The van der Waals surface area contributed by atoms with Crippen molar-refractivity contribution in [1.82, 2.24) is 4.57 Å². The minimum atomic E-state index is -0.0994. The number of hydrogen-bond donors (Lipinski definition) is 1. The molecule has 0 fully saturated rings. The lowest BCUT2D eigenvalue weighted by atomic mass is 10.1. The fourth-order valence-electron chi connectivity index (χ4n) is 1.77. The fraction of sp³-hybridized carbons (Fsp3) is 0.308. The molecule has 0 aliphatic heterocycles. The summed E-state index contributed by atoms with van der Waals surface area (Å²) >= 11 is 1.64. The van der Waals surface area contributed by atoms with Crippen LogP contribution >= 0.6 is 11.3 Å². The molecular formula is C13H16N2OS. The average Bonchev–Trinajstić information content (AvgIpc) is 2.77. The molecule has 2 rings (SSSR count). The fourth-order valence-corrected chi connectivity index (χ4v) is 2.44. The molecule has 2 aromatic rings. The Bertz CT molecular complexity index is 555. The van der Waals surface area contributed by atoms with Gasteiger partial charge in [0.05, 0.1) is 5.69 Å². The lowest BCUT2D eigenvalue weighted by molar-refractivity contribution is 0.512. The number of nitrogen functional groups attached to an aromatic ring is 1. The van der Waals surface area contributed by atoms with E-state index in [-0.39, 0.29) is 5.56 Å². The molecule has 0 saturated carbocycles. The zero-order chi connectivity index (χ0) is 12.4. The van der Waals surface area contributed by atoms with Crippen molar-refractivity contribution in [1.29, 1.82) is 0 Å². The van der Waals surface area contributed by atoms with E-state index < -0.39 is 0 Å². The van der Waals surface area contributed by atoms with Gasteiger partial charge in [0.1, 0.15) is 0 Å². The van der Waals surface area contributed by atoms with E-state index in [0.29, 0.717) is 18.2 Å². The third-order valence-electron chi connectivity index (χ3n) is 2.53. The van der Waals surface area contributed by atoms with Gasteiger partial charge in [-0.1, -0.05) is 13.8 Å². The predicted molar refractivity (Wildman–Crippen MR) is 73.3 cm³/mol. The highest BCUT2D eigenvalue weighted by atomic mass is 32.1. The Labute approximate surface area is 105 Å². The summed E-state index contributed by atoms with van der Waals surface area (Å²) in [5, 5.41) is 4.07. The van der Waals surface area contributed by atoms with Crippen LogP contribution in [-0.2, 0) is 6.54 Å². The van der Waals surface area contributed by atoms with Crippen LogP contribution in [0.3, 0.4) is 0 Å². The zero-order valence-electron chi connectivity index (χ0n) is 10.0. The van der Waals surface area contributed by atoms with Crippen molar-refractivity contribution in [3.05, 3.63) is 39.4 Å². The molecule has 4 heteroatoms. The van der Waals surface area contributed by atoms with Crippen LogP contribution in [0.4, 0.5) is 5.69 Å². The van der Waals surface area contributed by atoms with E-state index in [1.165, 1.54) is 0 Å². The summed E-state index contributed by atoms with van der Waals surface area (Å²) < 4.78 is 1.70. The first-order valence-corrected chi connectivity index (χ1v) is 6.54. The smallest absolute Gasteiger partial charge is 0.273 e. The number of nitrogens with two attached hydrogens (primary N) is 1. The number of rotatable bonds is 3. The van der Waals surface area contributed by atoms with Crippen LogP contribution in [0.15, 0.2) is 33.9 Å². The van der Waals surface area contributed by atoms with Gasteiger partial charge in [0.15, 0.2) is 0 Å². The van der Waals surface area contributed by atoms with Gasteiger partial charge in [-0.15, -0.1) is 0 Å². The summed E-state index contributed by atoms with van der Waals surface area (Å²) in [6.45, 7) is 4.86.